The van der Waals surface area contributed by atoms with E-state index in [1.165, 1.54) is 7.11 Å². The van der Waals surface area contributed by atoms with Crippen molar-refractivity contribution in [1.82, 2.24) is 0 Å². The molecule has 0 fully saturated rings. The van der Waals surface area contributed by atoms with Crippen LogP contribution in [-0.2, 0) is 9.78 Å². The summed E-state index contributed by atoms with van der Waals surface area (Å²) < 4.78 is 4.96. The zero-order valence-corrected chi connectivity index (χ0v) is 8.15. The molecule has 0 unspecified atom stereocenters. The summed E-state index contributed by atoms with van der Waals surface area (Å²) >= 11 is 0. The van der Waals surface area contributed by atoms with Gasteiger partial charge in [-0.2, -0.15) is 4.89 Å². The quantitative estimate of drug-likeness (QED) is 0.544. The summed E-state index contributed by atoms with van der Waals surface area (Å²) in [5, 5.41) is 0. The Hall–Kier alpha value is -1.55. The van der Waals surface area contributed by atoms with E-state index in [1.807, 2.05) is 0 Å². The molecule has 0 aromatic heterocycles. The minimum atomic E-state index is -0.522. The van der Waals surface area contributed by atoms with Crippen LogP contribution in [0.15, 0.2) is 24.3 Å². The molecule has 76 valence electrons. The van der Waals surface area contributed by atoms with Gasteiger partial charge in [0.05, 0.1) is 19.3 Å². The molecule has 1 aromatic rings. The van der Waals surface area contributed by atoms with Crippen molar-refractivity contribution in [2.45, 2.75) is 6.92 Å². The number of hydrogen-bond donors (Lipinski definition) is 0. The molecule has 4 nitrogen and oxygen atoms in total. The van der Waals surface area contributed by atoms with Gasteiger partial charge in [-0.25, -0.2) is 4.79 Å². The first-order valence-electron chi connectivity index (χ1n) is 4.25. The third-order valence-electron chi connectivity index (χ3n) is 1.56. The van der Waals surface area contributed by atoms with Crippen molar-refractivity contribution in [1.29, 1.82) is 0 Å². The van der Waals surface area contributed by atoms with Crippen LogP contribution in [0.5, 0.6) is 5.75 Å². The molecule has 0 amide bonds. The zero-order chi connectivity index (χ0) is 10.4. The number of ether oxygens (including phenoxy) is 1. The minimum Gasteiger partial charge on any atom is -0.497 e. The van der Waals surface area contributed by atoms with Crippen LogP contribution < -0.4 is 4.74 Å². The number of carbonyl (C=O) groups excluding carboxylic acids is 1. The molecule has 0 N–H and O–H groups in total. The van der Waals surface area contributed by atoms with Crippen molar-refractivity contribution in [2.24, 2.45) is 0 Å². The average molecular weight is 196 g/mol. The van der Waals surface area contributed by atoms with Gasteiger partial charge in [0.1, 0.15) is 5.75 Å². The van der Waals surface area contributed by atoms with Crippen molar-refractivity contribution < 1.29 is 19.3 Å². The van der Waals surface area contributed by atoms with Crippen molar-refractivity contribution in [2.75, 3.05) is 13.7 Å². The second-order valence-corrected chi connectivity index (χ2v) is 2.51. The highest BCUT2D eigenvalue weighted by atomic mass is 17.2. The molecular weight excluding hydrogens is 184 g/mol. The van der Waals surface area contributed by atoms with E-state index in [2.05, 4.69) is 9.78 Å². The maximum Gasteiger partial charge on any atom is 0.373 e. The van der Waals surface area contributed by atoms with Crippen molar-refractivity contribution >= 4 is 5.97 Å². The van der Waals surface area contributed by atoms with E-state index in [9.17, 15) is 4.79 Å². The lowest BCUT2D eigenvalue weighted by atomic mass is 10.2. The Kier molecular flexibility index (Phi) is 3.94. The third kappa shape index (κ3) is 2.74. The first-order valence-corrected chi connectivity index (χ1v) is 4.25. The second-order valence-electron chi connectivity index (χ2n) is 2.51. The molecule has 0 spiro atoms. The molecule has 0 bridgehead atoms. The summed E-state index contributed by atoms with van der Waals surface area (Å²) in [5.74, 6) is 0.0849. The lowest BCUT2D eigenvalue weighted by Gasteiger charge is -2.03. The van der Waals surface area contributed by atoms with Gasteiger partial charge >= 0.3 is 5.97 Å². The van der Waals surface area contributed by atoms with Crippen LogP contribution in [0, 0.1) is 0 Å². The Morgan fingerprint density at radius 3 is 2.86 bits per heavy atom. The lowest BCUT2D eigenvalue weighted by Crippen LogP contribution is -2.05. The van der Waals surface area contributed by atoms with Crippen LogP contribution >= 0.6 is 0 Å². The van der Waals surface area contributed by atoms with Gasteiger partial charge in [0.25, 0.3) is 0 Å². The van der Waals surface area contributed by atoms with Gasteiger partial charge in [0, 0.05) is 0 Å². The van der Waals surface area contributed by atoms with E-state index in [0.29, 0.717) is 17.9 Å². The first-order chi connectivity index (χ1) is 6.77. The van der Waals surface area contributed by atoms with Gasteiger partial charge in [0.2, 0.25) is 0 Å². The fourth-order valence-electron chi connectivity index (χ4n) is 0.911. The highest BCUT2D eigenvalue weighted by molar-refractivity contribution is 5.89. The molecule has 0 radical (unpaired) electrons. The van der Waals surface area contributed by atoms with E-state index in [1.54, 1.807) is 31.2 Å². The van der Waals surface area contributed by atoms with E-state index >= 15 is 0 Å². The van der Waals surface area contributed by atoms with Gasteiger partial charge in [-0.05, 0) is 25.1 Å². The van der Waals surface area contributed by atoms with Crippen molar-refractivity contribution in [3.63, 3.8) is 0 Å². The number of hydrogen-bond acceptors (Lipinski definition) is 4. The van der Waals surface area contributed by atoms with E-state index in [-0.39, 0.29) is 0 Å². The van der Waals surface area contributed by atoms with Crippen LogP contribution in [0.3, 0.4) is 0 Å². The molecule has 14 heavy (non-hydrogen) atoms. The molecule has 0 aliphatic rings. The molecule has 0 saturated carbocycles. The number of benzene rings is 1. The Labute approximate surface area is 82.3 Å². The SMILES string of the molecule is CCOOC(=O)c1cccc(OC)c1. The third-order valence-corrected chi connectivity index (χ3v) is 1.56. The summed E-state index contributed by atoms with van der Waals surface area (Å²) in [6.45, 7) is 2.06. The van der Waals surface area contributed by atoms with Crippen LogP contribution in [0.1, 0.15) is 17.3 Å². The highest BCUT2D eigenvalue weighted by Crippen LogP contribution is 2.13. The van der Waals surface area contributed by atoms with Crippen LogP contribution in [0.2, 0.25) is 0 Å². The Balaban J connectivity index is 2.69. The Morgan fingerprint density at radius 2 is 2.21 bits per heavy atom. The highest BCUT2D eigenvalue weighted by Gasteiger charge is 2.08. The van der Waals surface area contributed by atoms with Gasteiger partial charge < -0.3 is 4.74 Å². The number of carbonyl (C=O) groups is 1. The maximum atomic E-state index is 11.3. The fourth-order valence-corrected chi connectivity index (χ4v) is 0.911. The fraction of sp³-hybridized carbons (Fsp3) is 0.300. The zero-order valence-electron chi connectivity index (χ0n) is 8.15. The number of rotatable bonds is 4. The monoisotopic (exact) mass is 196 g/mol. The van der Waals surface area contributed by atoms with Crippen LogP contribution in [-0.4, -0.2) is 19.7 Å². The molecule has 0 aliphatic heterocycles. The standard InChI is InChI=1S/C10H12O4/c1-3-13-14-10(11)8-5-4-6-9(7-8)12-2/h4-7H,3H2,1-2H3. The first kappa shape index (κ1) is 10.5. The predicted octanol–water partition coefficient (Wildman–Crippen LogP) is 1.80. The molecule has 0 saturated heterocycles. The van der Waals surface area contributed by atoms with Gasteiger partial charge in [-0.15, -0.1) is 0 Å². The normalized spacial score (nSPS) is 9.57. The van der Waals surface area contributed by atoms with E-state index < -0.39 is 5.97 Å². The lowest BCUT2D eigenvalue weighted by molar-refractivity contribution is -0.236. The van der Waals surface area contributed by atoms with Gasteiger partial charge in [-0.1, -0.05) is 6.07 Å². The van der Waals surface area contributed by atoms with Gasteiger partial charge in [-0.3, -0.25) is 4.89 Å². The van der Waals surface area contributed by atoms with E-state index in [0.717, 1.165) is 0 Å². The largest absolute Gasteiger partial charge is 0.497 e. The maximum absolute atomic E-state index is 11.3. The van der Waals surface area contributed by atoms with Crippen molar-refractivity contribution in [3.05, 3.63) is 29.8 Å². The molecule has 0 aliphatic carbocycles. The van der Waals surface area contributed by atoms with Crippen LogP contribution in [0.25, 0.3) is 0 Å². The number of methoxy groups -OCH3 is 1. The van der Waals surface area contributed by atoms with Gasteiger partial charge in [0.15, 0.2) is 0 Å². The molecule has 4 heteroatoms. The predicted molar refractivity (Wildman–Crippen MR) is 50.0 cm³/mol. The molecule has 1 rings (SSSR count). The average Bonchev–Trinajstić information content (AvgIpc) is 2.26. The summed E-state index contributed by atoms with van der Waals surface area (Å²) in [7, 11) is 1.53. The second kappa shape index (κ2) is 5.24. The topological polar surface area (TPSA) is 44.8 Å². The molecule has 0 atom stereocenters. The van der Waals surface area contributed by atoms with E-state index in [4.69, 9.17) is 4.74 Å². The summed E-state index contributed by atoms with van der Waals surface area (Å²) in [6.07, 6.45) is 0. The smallest absolute Gasteiger partial charge is 0.373 e. The Morgan fingerprint density at radius 1 is 1.43 bits per heavy atom. The molecular formula is C10H12O4. The summed E-state index contributed by atoms with van der Waals surface area (Å²) in [4.78, 5) is 20.3. The molecule has 0 heterocycles. The minimum absolute atomic E-state index is 0.329. The summed E-state index contributed by atoms with van der Waals surface area (Å²) in [5.41, 5.74) is 0.401. The van der Waals surface area contributed by atoms with Crippen LogP contribution in [0.4, 0.5) is 0 Å². The summed E-state index contributed by atoms with van der Waals surface area (Å²) in [6, 6.07) is 6.67. The van der Waals surface area contributed by atoms with Crippen molar-refractivity contribution in [3.8, 4) is 5.75 Å². The Bertz CT molecular complexity index is 309. The molecule has 1 aromatic carbocycles.